The molecule has 0 aromatic heterocycles. The maximum atomic E-state index is 9.08. The van der Waals surface area contributed by atoms with Gasteiger partial charge in [0, 0.05) is 0 Å². The normalized spacial score (nSPS) is 12.6. The molecule has 146 valence electrons. The minimum absolute atomic E-state index is 0.351. The molecule has 0 fully saturated rings. The number of unbranched alkanes of at least 4 members (excludes halogenated alkanes) is 17. The average molecular weight is 342 g/mol. The van der Waals surface area contributed by atoms with E-state index in [0.29, 0.717) is 0 Å². The Labute approximate surface area is 153 Å². The van der Waals surface area contributed by atoms with Gasteiger partial charge in [-0.3, -0.25) is 5.32 Å². The molecule has 0 heterocycles. The molecule has 0 aliphatic carbocycles. The van der Waals surface area contributed by atoms with Gasteiger partial charge in [0.2, 0.25) is 0 Å². The van der Waals surface area contributed by atoms with Crippen LogP contribution < -0.4 is 5.32 Å². The lowest BCUT2D eigenvalue weighted by Crippen LogP contribution is -2.26. The van der Waals surface area contributed by atoms with E-state index in [1.165, 1.54) is 116 Å². The molecule has 1 atom stereocenters. The van der Waals surface area contributed by atoms with Gasteiger partial charge in [-0.2, -0.15) is 0 Å². The van der Waals surface area contributed by atoms with Crippen molar-refractivity contribution < 1.29 is 5.11 Å². The van der Waals surface area contributed by atoms with E-state index in [4.69, 9.17) is 5.11 Å². The molecule has 24 heavy (non-hydrogen) atoms. The Morgan fingerprint density at radius 1 is 0.542 bits per heavy atom. The number of aliphatic hydroxyl groups excluding tert-OH is 1. The molecule has 0 radical (unpaired) electrons. The van der Waals surface area contributed by atoms with Crippen molar-refractivity contribution in [1.29, 1.82) is 0 Å². The maximum absolute atomic E-state index is 9.08. The van der Waals surface area contributed by atoms with Crippen molar-refractivity contribution >= 4 is 0 Å². The van der Waals surface area contributed by atoms with Crippen LogP contribution in [0, 0.1) is 0 Å². The van der Waals surface area contributed by atoms with Gasteiger partial charge in [-0.15, -0.1) is 0 Å². The fourth-order valence-corrected chi connectivity index (χ4v) is 3.34. The third kappa shape index (κ3) is 21.9. The quantitative estimate of drug-likeness (QED) is 0.185. The smallest absolute Gasteiger partial charge is 0.102 e. The highest BCUT2D eigenvalue weighted by Crippen LogP contribution is 2.14. The summed E-state index contributed by atoms with van der Waals surface area (Å²) in [6.07, 6.45) is 25.2. The summed E-state index contributed by atoms with van der Waals surface area (Å²) in [7, 11) is 0. The van der Waals surface area contributed by atoms with E-state index >= 15 is 0 Å². The average Bonchev–Trinajstić information content (AvgIpc) is 2.56. The van der Waals surface area contributed by atoms with Gasteiger partial charge in [0.05, 0.1) is 0 Å². The molecular weight excluding hydrogens is 294 g/mol. The van der Waals surface area contributed by atoms with E-state index in [1.54, 1.807) is 6.92 Å². The van der Waals surface area contributed by atoms with Crippen LogP contribution in [0.5, 0.6) is 0 Å². The predicted molar refractivity (Wildman–Crippen MR) is 108 cm³/mol. The molecule has 0 aliphatic heterocycles. The lowest BCUT2D eigenvalue weighted by atomic mass is 10.0. The minimum Gasteiger partial charge on any atom is -0.379 e. The summed E-state index contributed by atoms with van der Waals surface area (Å²) >= 11 is 0. The first-order valence-electron chi connectivity index (χ1n) is 11.2. The Hall–Kier alpha value is -0.0800. The molecule has 1 unspecified atom stereocenters. The van der Waals surface area contributed by atoms with Gasteiger partial charge in [-0.1, -0.05) is 116 Å². The van der Waals surface area contributed by atoms with Crippen LogP contribution in [0.25, 0.3) is 0 Å². The number of rotatable bonds is 20. The van der Waals surface area contributed by atoms with Gasteiger partial charge in [0.25, 0.3) is 0 Å². The molecule has 0 rings (SSSR count). The topological polar surface area (TPSA) is 32.3 Å². The van der Waals surface area contributed by atoms with Crippen LogP contribution in [0.4, 0.5) is 0 Å². The zero-order valence-electron chi connectivity index (χ0n) is 17.0. The molecule has 2 N–H and O–H groups in total. The maximum Gasteiger partial charge on any atom is 0.102 e. The summed E-state index contributed by atoms with van der Waals surface area (Å²) in [5.74, 6) is 0. The summed E-state index contributed by atoms with van der Waals surface area (Å²) in [5, 5.41) is 12.1. The molecule has 0 aromatic rings. The van der Waals surface area contributed by atoms with Gasteiger partial charge in [-0.05, 0) is 19.9 Å². The van der Waals surface area contributed by atoms with Crippen LogP contribution in [0.2, 0.25) is 0 Å². The van der Waals surface area contributed by atoms with E-state index in [0.717, 1.165) is 6.54 Å². The van der Waals surface area contributed by atoms with Gasteiger partial charge >= 0.3 is 0 Å². The van der Waals surface area contributed by atoms with Crippen LogP contribution in [-0.2, 0) is 0 Å². The second-order valence-corrected chi connectivity index (χ2v) is 7.64. The van der Waals surface area contributed by atoms with E-state index in [-0.39, 0.29) is 6.23 Å². The molecule has 2 heteroatoms. The molecule has 0 bridgehead atoms. The summed E-state index contributed by atoms with van der Waals surface area (Å²) in [6.45, 7) is 5.03. The van der Waals surface area contributed by atoms with Crippen molar-refractivity contribution in [3.63, 3.8) is 0 Å². The molecule has 0 spiro atoms. The van der Waals surface area contributed by atoms with Gasteiger partial charge < -0.3 is 5.11 Å². The van der Waals surface area contributed by atoms with E-state index in [9.17, 15) is 0 Å². The number of aliphatic hydroxyl groups is 1. The first-order chi connectivity index (χ1) is 11.8. The van der Waals surface area contributed by atoms with Crippen molar-refractivity contribution in [1.82, 2.24) is 5.32 Å². The molecule has 0 aromatic carbocycles. The fraction of sp³-hybridized carbons (Fsp3) is 1.00. The third-order valence-corrected chi connectivity index (χ3v) is 4.97. The van der Waals surface area contributed by atoms with Crippen molar-refractivity contribution in [2.75, 3.05) is 6.54 Å². The van der Waals surface area contributed by atoms with Crippen molar-refractivity contribution in [3.8, 4) is 0 Å². The Kier molecular flexibility index (Phi) is 20.9. The molecule has 0 saturated carbocycles. The van der Waals surface area contributed by atoms with E-state index in [2.05, 4.69) is 12.2 Å². The van der Waals surface area contributed by atoms with Crippen molar-refractivity contribution in [3.05, 3.63) is 0 Å². The summed E-state index contributed by atoms with van der Waals surface area (Å²) < 4.78 is 0. The zero-order valence-corrected chi connectivity index (χ0v) is 17.0. The van der Waals surface area contributed by atoms with Crippen molar-refractivity contribution in [2.45, 2.75) is 136 Å². The van der Waals surface area contributed by atoms with Crippen LogP contribution in [-0.4, -0.2) is 17.9 Å². The second kappa shape index (κ2) is 21.0. The second-order valence-electron chi connectivity index (χ2n) is 7.64. The molecule has 0 amide bonds. The SMILES string of the molecule is CCCCCCCCCCCCCCCCCCCCNC(C)O. The standard InChI is InChI=1S/C22H47NO/c1-3-4-5-6-7-8-9-10-11-12-13-14-15-16-17-18-19-20-21-23-22(2)24/h22-24H,3-21H2,1-2H3. The van der Waals surface area contributed by atoms with E-state index in [1.807, 2.05) is 0 Å². The molecular formula is C22H47NO. The minimum atomic E-state index is -0.351. The lowest BCUT2D eigenvalue weighted by Gasteiger charge is -2.06. The highest BCUT2D eigenvalue weighted by molar-refractivity contribution is 4.52. The highest BCUT2D eigenvalue weighted by atomic mass is 16.3. The van der Waals surface area contributed by atoms with Gasteiger partial charge in [-0.25, -0.2) is 0 Å². The predicted octanol–water partition coefficient (Wildman–Crippen LogP) is 6.96. The fourth-order valence-electron chi connectivity index (χ4n) is 3.34. The van der Waals surface area contributed by atoms with E-state index < -0.39 is 0 Å². The highest BCUT2D eigenvalue weighted by Gasteiger charge is 1.96. The van der Waals surface area contributed by atoms with Crippen LogP contribution in [0.1, 0.15) is 129 Å². The number of nitrogens with one attached hydrogen (secondary N) is 1. The molecule has 2 nitrogen and oxygen atoms in total. The molecule has 0 saturated heterocycles. The van der Waals surface area contributed by atoms with Crippen LogP contribution >= 0.6 is 0 Å². The van der Waals surface area contributed by atoms with Crippen LogP contribution in [0.3, 0.4) is 0 Å². The zero-order chi connectivity index (χ0) is 17.7. The summed E-state index contributed by atoms with van der Waals surface area (Å²) in [4.78, 5) is 0. The monoisotopic (exact) mass is 341 g/mol. The lowest BCUT2D eigenvalue weighted by molar-refractivity contribution is 0.156. The Morgan fingerprint density at radius 2 is 0.833 bits per heavy atom. The number of hydrogen-bond acceptors (Lipinski definition) is 2. The summed E-state index contributed by atoms with van der Waals surface area (Å²) in [6, 6.07) is 0. The number of hydrogen-bond donors (Lipinski definition) is 2. The van der Waals surface area contributed by atoms with Crippen LogP contribution in [0.15, 0.2) is 0 Å². The van der Waals surface area contributed by atoms with Crippen molar-refractivity contribution in [2.24, 2.45) is 0 Å². The first kappa shape index (κ1) is 23.9. The first-order valence-corrected chi connectivity index (χ1v) is 11.2. The summed E-state index contributed by atoms with van der Waals surface area (Å²) in [5.41, 5.74) is 0. The third-order valence-electron chi connectivity index (χ3n) is 4.97. The Balaban J connectivity index is 2.95. The largest absolute Gasteiger partial charge is 0.379 e. The molecule has 0 aliphatic rings. The van der Waals surface area contributed by atoms with Gasteiger partial charge in [0.1, 0.15) is 6.23 Å². The Bertz CT molecular complexity index is 218. The Morgan fingerprint density at radius 3 is 1.12 bits per heavy atom. The van der Waals surface area contributed by atoms with Gasteiger partial charge in [0.15, 0.2) is 0 Å².